The van der Waals surface area contributed by atoms with E-state index < -0.39 is 36.5 Å². The largest absolute Gasteiger partial charge is 0.462 e. The van der Waals surface area contributed by atoms with Crippen molar-refractivity contribution in [2.75, 3.05) is 13.2 Å². The van der Waals surface area contributed by atoms with E-state index in [0.29, 0.717) is 38.5 Å². The van der Waals surface area contributed by atoms with Gasteiger partial charge in [0.05, 0.1) is 19.8 Å². The Bertz CT molecular complexity index is 1250. The Morgan fingerprint density at radius 2 is 1.48 bits per heavy atom. The van der Waals surface area contributed by atoms with Crippen LogP contribution in [0.3, 0.4) is 0 Å². The maximum absolute atomic E-state index is 8.53. The Balaban J connectivity index is 1.33. The molecule has 0 aliphatic carbocycles. The number of ether oxygens (including phenoxy) is 6. The summed E-state index contributed by atoms with van der Waals surface area (Å²) in [6.45, 7) is 5.32. The first-order valence-corrected chi connectivity index (χ1v) is 13.6. The van der Waals surface area contributed by atoms with Gasteiger partial charge in [-0.1, -0.05) is 77.9 Å². The van der Waals surface area contributed by atoms with Crippen LogP contribution in [0.2, 0.25) is 0 Å². The smallest absolute Gasteiger partial charge is 0.229 e. The van der Waals surface area contributed by atoms with Crippen molar-refractivity contribution >= 4 is 0 Å². The maximum Gasteiger partial charge on any atom is 0.229 e. The van der Waals surface area contributed by atoms with Crippen LogP contribution in [0.1, 0.15) is 30.5 Å². The van der Waals surface area contributed by atoms with Crippen LogP contribution >= 0.6 is 0 Å². The van der Waals surface area contributed by atoms with Crippen molar-refractivity contribution in [3.8, 4) is 5.75 Å². The highest BCUT2D eigenvalue weighted by atomic mass is 16.8. The molecule has 9 nitrogen and oxygen atoms in total. The molecule has 3 aromatic carbocycles. The quantitative estimate of drug-likeness (QED) is 0.158. The van der Waals surface area contributed by atoms with Gasteiger partial charge >= 0.3 is 0 Å². The summed E-state index contributed by atoms with van der Waals surface area (Å²) < 4.78 is 38.1. The predicted octanol–water partition coefficient (Wildman–Crippen LogP) is 5.97. The van der Waals surface area contributed by atoms with Crippen LogP contribution in [0.15, 0.2) is 90.0 Å². The SMILES string of the molecule is CC1(C)OC2[C@@H](O1)C(COCc1ccccc1)O[C@@H](Oc1ccc(CCN=[N+]=[N-])cc1)[C@H]2OCc1ccccc1. The molecule has 2 aliphatic heterocycles. The van der Waals surface area contributed by atoms with Gasteiger partial charge in [-0.05, 0) is 54.6 Å². The third-order valence-corrected chi connectivity index (χ3v) is 6.85. The van der Waals surface area contributed by atoms with E-state index in [1.54, 1.807) is 0 Å². The molecule has 5 rings (SSSR count). The highest BCUT2D eigenvalue weighted by Crippen LogP contribution is 2.39. The zero-order chi connectivity index (χ0) is 27.8. The van der Waals surface area contributed by atoms with Crippen LogP contribution in [0.25, 0.3) is 10.4 Å². The Hall–Kier alpha value is -3.43. The fourth-order valence-electron chi connectivity index (χ4n) is 4.97. The van der Waals surface area contributed by atoms with Crippen molar-refractivity contribution < 1.29 is 28.4 Å². The Morgan fingerprint density at radius 1 is 0.825 bits per heavy atom. The number of hydrogen-bond donors (Lipinski definition) is 0. The number of benzene rings is 3. The molecule has 9 heteroatoms. The molecular formula is C31H35N3O6. The monoisotopic (exact) mass is 545 g/mol. The summed E-state index contributed by atoms with van der Waals surface area (Å²) in [4.78, 5) is 2.81. The van der Waals surface area contributed by atoms with E-state index in [2.05, 4.69) is 10.0 Å². The zero-order valence-corrected chi connectivity index (χ0v) is 22.8. The molecule has 2 fully saturated rings. The fourth-order valence-corrected chi connectivity index (χ4v) is 4.97. The molecule has 3 aromatic rings. The molecule has 0 amide bonds. The van der Waals surface area contributed by atoms with Crippen LogP contribution in [0.4, 0.5) is 0 Å². The van der Waals surface area contributed by atoms with Gasteiger partial charge in [0.2, 0.25) is 6.29 Å². The first-order chi connectivity index (χ1) is 19.5. The van der Waals surface area contributed by atoms with Crippen LogP contribution in [0.5, 0.6) is 5.75 Å². The molecule has 2 aliphatic rings. The van der Waals surface area contributed by atoms with E-state index in [-0.39, 0.29) is 0 Å². The van der Waals surface area contributed by atoms with Crippen molar-refractivity contribution in [1.82, 2.24) is 0 Å². The third-order valence-electron chi connectivity index (χ3n) is 6.85. The van der Waals surface area contributed by atoms with Gasteiger partial charge in [-0.15, -0.1) is 0 Å². The van der Waals surface area contributed by atoms with E-state index in [9.17, 15) is 0 Å². The van der Waals surface area contributed by atoms with E-state index >= 15 is 0 Å². The highest BCUT2D eigenvalue weighted by Gasteiger charge is 2.56. The number of azide groups is 1. The molecule has 0 N–H and O–H groups in total. The van der Waals surface area contributed by atoms with Gasteiger partial charge in [0, 0.05) is 11.5 Å². The van der Waals surface area contributed by atoms with Gasteiger partial charge in [-0.3, -0.25) is 0 Å². The number of nitrogens with zero attached hydrogens (tertiary/aromatic N) is 3. The van der Waals surface area contributed by atoms with Gasteiger partial charge < -0.3 is 28.4 Å². The number of fused-ring (bicyclic) bond motifs is 1. The molecule has 40 heavy (non-hydrogen) atoms. The lowest BCUT2D eigenvalue weighted by Crippen LogP contribution is -2.59. The van der Waals surface area contributed by atoms with Gasteiger partial charge in [-0.25, -0.2) is 0 Å². The fraction of sp³-hybridized carbons (Fsp3) is 0.419. The normalized spacial score (nSPS) is 25.1. The van der Waals surface area contributed by atoms with Crippen molar-refractivity contribution in [2.24, 2.45) is 5.11 Å². The van der Waals surface area contributed by atoms with Crippen molar-refractivity contribution in [1.29, 1.82) is 0 Å². The zero-order valence-electron chi connectivity index (χ0n) is 22.8. The Morgan fingerprint density at radius 3 is 2.15 bits per heavy atom. The third kappa shape index (κ3) is 7.40. The molecule has 0 radical (unpaired) electrons. The van der Waals surface area contributed by atoms with E-state index in [0.717, 1.165) is 16.7 Å². The molecular weight excluding hydrogens is 510 g/mol. The van der Waals surface area contributed by atoms with Gasteiger partial charge in [-0.2, -0.15) is 0 Å². The van der Waals surface area contributed by atoms with Crippen LogP contribution in [-0.2, 0) is 43.3 Å². The Kier molecular flexibility index (Phi) is 9.34. The van der Waals surface area contributed by atoms with E-state index in [4.69, 9.17) is 34.0 Å². The molecule has 0 saturated carbocycles. The second-order valence-electron chi connectivity index (χ2n) is 10.3. The summed E-state index contributed by atoms with van der Waals surface area (Å²) in [5.41, 5.74) is 11.7. The van der Waals surface area contributed by atoms with E-state index in [1.807, 2.05) is 98.8 Å². The van der Waals surface area contributed by atoms with Crippen LogP contribution in [-0.4, -0.2) is 49.6 Å². The average molecular weight is 546 g/mol. The van der Waals surface area contributed by atoms with Crippen LogP contribution in [0, 0.1) is 0 Å². The molecule has 0 bridgehead atoms. The topological polar surface area (TPSA) is 104 Å². The molecule has 5 atom stereocenters. The summed E-state index contributed by atoms with van der Waals surface area (Å²) in [5, 5.41) is 3.61. The summed E-state index contributed by atoms with van der Waals surface area (Å²) >= 11 is 0. The predicted molar refractivity (Wildman–Crippen MR) is 148 cm³/mol. The first kappa shape index (κ1) is 28.1. The van der Waals surface area contributed by atoms with Crippen molar-refractivity contribution in [3.05, 3.63) is 112 Å². The van der Waals surface area contributed by atoms with Gasteiger partial charge in [0.1, 0.15) is 30.2 Å². The second kappa shape index (κ2) is 13.3. The molecule has 2 heterocycles. The molecule has 2 saturated heterocycles. The molecule has 0 aromatic heterocycles. The molecule has 210 valence electrons. The van der Waals surface area contributed by atoms with Gasteiger partial charge in [0.15, 0.2) is 5.79 Å². The summed E-state index contributed by atoms with van der Waals surface area (Å²) in [6, 6.07) is 27.6. The number of hydrogen-bond acceptors (Lipinski definition) is 7. The minimum absolute atomic E-state index is 0.305. The van der Waals surface area contributed by atoms with E-state index in [1.165, 1.54) is 0 Å². The second-order valence-corrected chi connectivity index (χ2v) is 10.3. The lowest BCUT2D eigenvalue weighted by molar-refractivity contribution is -0.270. The highest BCUT2D eigenvalue weighted by molar-refractivity contribution is 5.28. The summed E-state index contributed by atoms with van der Waals surface area (Å²) in [7, 11) is 0. The summed E-state index contributed by atoms with van der Waals surface area (Å²) in [6.07, 6.45) is -1.91. The first-order valence-electron chi connectivity index (χ1n) is 13.6. The van der Waals surface area contributed by atoms with Crippen molar-refractivity contribution in [3.63, 3.8) is 0 Å². The lowest BCUT2D eigenvalue weighted by Gasteiger charge is -2.41. The van der Waals surface area contributed by atoms with Crippen LogP contribution < -0.4 is 4.74 Å². The lowest BCUT2D eigenvalue weighted by atomic mass is 9.99. The minimum Gasteiger partial charge on any atom is -0.462 e. The molecule has 2 unspecified atom stereocenters. The molecule has 0 spiro atoms. The minimum atomic E-state index is -0.812. The average Bonchev–Trinajstić information content (AvgIpc) is 3.30. The van der Waals surface area contributed by atoms with Crippen molar-refractivity contribution in [2.45, 2.75) is 70.0 Å². The van der Waals surface area contributed by atoms with Gasteiger partial charge in [0.25, 0.3) is 0 Å². The maximum atomic E-state index is 8.53. The summed E-state index contributed by atoms with van der Waals surface area (Å²) in [5.74, 6) is -0.181. The standard InChI is InChI=1S/C31H35N3O6/c1-31(2)39-27-26(21-35-19-23-9-5-3-6-10-23)38-30(37-25-15-13-22(14-16-25)17-18-33-34-32)29(28(27)40-31)36-20-24-11-7-4-8-12-24/h3-16,26-30H,17-21H2,1-2H3/t26?,27-,28?,29-,30+/m0/s1. The number of rotatable bonds is 12. The Labute approximate surface area is 234 Å².